The lowest BCUT2D eigenvalue weighted by Gasteiger charge is -2.21. The third kappa shape index (κ3) is 8.16. The summed E-state index contributed by atoms with van der Waals surface area (Å²) in [5.74, 6) is 1.47. The van der Waals surface area contributed by atoms with Crippen molar-refractivity contribution < 1.29 is 0 Å². The zero-order valence-corrected chi connectivity index (χ0v) is 36.8. The first-order valence-electron chi connectivity index (χ1n) is 18.3. The number of nitrogens with one attached hydrogen (secondary N) is 1. The van der Waals surface area contributed by atoms with Crippen molar-refractivity contribution in [3.63, 3.8) is 0 Å². The van der Waals surface area contributed by atoms with E-state index >= 15 is 0 Å². The maximum absolute atomic E-state index is 4.92. The quantitative estimate of drug-likeness (QED) is 0.100. The van der Waals surface area contributed by atoms with Crippen molar-refractivity contribution in [3.8, 4) is 20.9 Å². The highest BCUT2D eigenvalue weighted by Gasteiger charge is 2.33. The van der Waals surface area contributed by atoms with E-state index in [4.69, 9.17) is 13.1 Å². The molecule has 5 heterocycles. The first kappa shape index (κ1) is 37.9. The minimum Gasteiger partial charge on any atom is -0.231 e. The van der Waals surface area contributed by atoms with Gasteiger partial charge in [0.25, 0.3) is 0 Å². The first-order chi connectivity index (χ1) is 24.9. The average Bonchev–Trinajstić information content (AvgIpc) is 3.99. The van der Waals surface area contributed by atoms with Crippen LogP contribution in [0, 0.1) is 11.8 Å². The molecule has 0 bridgehead atoms. The number of rotatable bonds is 16. The lowest BCUT2D eigenvalue weighted by atomic mass is 9.89. The van der Waals surface area contributed by atoms with Gasteiger partial charge in [0.15, 0.2) is 0 Å². The van der Waals surface area contributed by atoms with Gasteiger partial charge in [0, 0.05) is 36.2 Å². The molecule has 4 aromatic heterocycles. The summed E-state index contributed by atoms with van der Waals surface area (Å²) in [7, 11) is 0. The molecular weight excluding hydrogens is 857 g/mol. The molecule has 51 heavy (non-hydrogen) atoms. The van der Waals surface area contributed by atoms with Crippen LogP contribution in [0.5, 0.6) is 0 Å². The molecule has 0 fully saturated rings. The van der Waals surface area contributed by atoms with Crippen LogP contribution in [0.2, 0.25) is 0 Å². The molecular formula is C40H44Br2N4S5. The molecule has 0 saturated heterocycles. The van der Waals surface area contributed by atoms with Gasteiger partial charge in [0.1, 0.15) is 11.0 Å². The molecule has 7 rings (SSSR count). The molecule has 4 nitrogen and oxygen atoms in total. The monoisotopic (exact) mass is 898 g/mol. The van der Waals surface area contributed by atoms with E-state index in [-0.39, 0.29) is 6.04 Å². The van der Waals surface area contributed by atoms with E-state index in [9.17, 15) is 0 Å². The van der Waals surface area contributed by atoms with Crippen molar-refractivity contribution in [2.24, 2.45) is 16.2 Å². The number of benzene rings is 1. The summed E-state index contributed by atoms with van der Waals surface area (Å²) in [6.45, 7) is 9.23. The fraction of sp³-hybridized carbons (Fsp3) is 0.425. The Hall–Kier alpha value is -1.44. The highest BCUT2D eigenvalue weighted by atomic mass is 79.9. The summed E-state index contributed by atoms with van der Waals surface area (Å²) < 4.78 is 20.7. The Balaban J connectivity index is 1.14. The van der Waals surface area contributed by atoms with Crippen molar-refractivity contribution in [2.45, 2.75) is 97.9 Å². The number of allylic oxidation sites excluding steroid dienone is 2. The molecule has 1 aliphatic carbocycles. The smallest absolute Gasteiger partial charge is 0.114 e. The van der Waals surface area contributed by atoms with E-state index in [1.165, 1.54) is 130 Å². The van der Waals surface area contributed by atoms with Crippen molar-refractivity contribution in [3.05, 3.63) is 77.0 Å². The Labute approximate surface area is 340 Å². The molecule has 1 aromatic carbocycles. The Morgan fingerprint density at radius 3 is 1.92 bits per heavy atom. The number of hydrogen-bond donors (Lipinski definition) is 1. The standard InChI is InChI=1S/C40H44Br2N4S5/c1-5-9-11-23(7-3)19-25-21-33(48-39(25)41)29-15-13-27(35-37(29)45-50-43-35)31-17-18-32(47-31)28-14-16-30(38-36(28)44-51-46-38)34-22-26(40(42)49-34)20-24(8-4)12-10-6-2/h13-18,21-24,37,45H,5-12,19-20H2,1-4H3. The van der Waals surface area contributed by atoms with E-state index in [1.54, 1.807) is 0 Å². The highest BCUT2D eigenvalue weighted by Crippen LogP contribution is 2.45. The van der Waals surface area contributed by atoms with Crippen molar-refractivity contribution in [2.75, 3.05) is 0 Å². The van der Waals surface area contributed by atoms with Gasteiger partial charge in [-0.3, -0.25) is 0 Å². The van der Waals surface area contributed by atoms with Gasteiger partial charge in [0.05, 0.1) is 43.2 Å². The minimum absolute atomic E-state index is 0.0732. The summed E-state index contributed by atoms with van der Waals surface area (Å²) in [4.78, 5) is 5.01. The third-order valence-corrected chi connectivity index (χ3v) is 16.6. The van der Waals surface area contributed by atoms with Gasteiger partial charge in [0.2, 0.25) is 0 Å². The predicted octanol–water partition coefficient (Wildman–Crippen LogP) is 14.7. The summed E-state index contributed by atoms with van der Waals surface area (Å²) in [5, 5.41) is 0. The molecule has 268 valence electrons. The van der Waals surface area contributed by atoms with E-state index in [2.05, 4.69) is 113 Å². The van der Waals surface area contributed by atoms with Gasteiger partial charge in [-0.1, -0.05) is 103 Å². The zero-order chi connectivity index (χ0) is 35.5. The van der Waals surface area contributed by atoms with Crippen LogP contribution in [0.3, 0.4) is 0 Å². The zero-order valence-electron chi connectivity index (χ0n) is 29.6. The Kier molecular flexibility index (Phi) is 12.9. The fourth-order valence-electron chi connectivity index (χ4n) is 7.21. The molecule has 2 aliphatic rings. The number of hydrogen-bond acceptors (Lipinski definition) is 9. The molecule has 3 atom stereocenters. The number of fused-ring (bicyclic) bond motifs is 2. The maximum atomic E-state index is 4.92. The van der Waals surface area contributed by atoms with Crippen LogP contribution in [0.25, 0.3) is 43.1 Å². The molecule has 0 saturated carbocycles. The Bertz CT molecular complexity index is 2080. The van der Waals surface area contributed by atoms with Gasteiger partial charge >= 0.3 is 0 Å². The lowest BCUT2D eigenvalue weighted by Crippen LogP contribution is -2.31. The second-order valence-electron chi connectivity index (χ2n) is 13.7. The van der Waals surface area contributed by atoms with E-state index in [0.717, 1.165) is 47.0 Å². The highest BCUT2D eigenvalue weighted by molar-refractivity contribution is 9.11. The first-order valence-corrected chi connectivity index (χ1v) is 23.8. The Morgan fingerprint density at radius 2 is 1.29 bits per heavy atom. The van der Waals surface area contributed by atoms with Crippen molar-refractivity contribution >= 4 is 118 Å². The minimum atomic E-state index is 0.0732. The number of nitrogens with zero attached hydrogens (tertiary/aromatic N) is 3. The lowest BCUT2D eigenvalue weighted by molar-refractivity contribution is 0.449. The van der Waals surface area contributed by atoms with Crippen molar-refractivity contribution in [1.82, 2.24) is 13.5 Å². The molecule has 11 heteroatoms. The van der Waals surface area contributed by atoms with E-state index < -0.39 is 0 Å². The fourth-order valence-corrected chi connectivity index (χ4v) is 13.1. The van der Waals surface area contributed by atoms with Crippen LogP contribution in [0.15, 0.2) is 60.5 Å². The van der Waals surface area contributed by atoms with Gasteiger partial charge in [-0.25, -0.2) is 9.12 Å². The van der Waals surface area contributed by atoms with Crippen LogP contribution in [-0.2, 0) is 12.8 Å². The topological polar surface area (TPSA) is 50.2 Å². The van der Waals surface area contributed by atoms with Gasteiger partial charge < -0.3 is 0 Å². The summed E-state index contributed by atoms with van der Waals surface area (Å²) in [6, 6.07) is 13.9. The van der Waals surface area contributed by atoms with E-state index in [0.29, 0.717) is 0 Å². The molecule has 1 N–H and O–H groups in total. The molecule has 1 aliphatic heterocycles. The number of unbranched alkanes of at least 4 members (excludes halogenated alkanes) is 2. The van der Waals surface area contributed by atoms with Gasteiger partial charge in [-0.2, -0.15) is 8.75 Å². The predicted molar refractivity (Wildman–Crippen MR) is 236 cm³/mol. The number of aromatic nitrogens is 2. The van der Waals surface area contributed by atoms with Crippen LogP contribution in [-0.4, -0.2) is 20.5 Å². The second kappa shape index (κ2) is 17.4. The summed E-state index contributed by atoms with van der Waals surface area (Å²) in [6.07, 6.45) is 17.0. The van der Waals surface area contributed by atoms with Crippen LogP contribution in [0.4, 0.5) is 0 Å². The number of thiophene rings is 3. The molecule has 0 radical (unpaired) electrons. The summed E-state index contributed by atoms with van der Waals surface area (Å²) >= 11 is 16.1. The van der Waals surface area contributed by atoms with Gasteiger partial charge in [-0.05, 0) is 97.5 Å². The van der Waals surface area contributed by atoms with Crippen LogP contribution in [0.1, 0.15) is 99.9 Å². The van der Waals surface area contributed by atoms with Gasteiger partial charge in [-0.15, -0.1) is 34.0 Å². The average molecular weight is 901 g/mol. The van der Waals surface area contributed by atoms with E-state index in [1.807, 2.05) is 34.0 Å². The maximum Gasteiger partial charge on any atom is 0.114 e. The Morgan fingerprint density at radius 1 is 0.706 bits per heavy atom. The van der Waals surface area contributed by atoms with Crippen molar-refractivity contribution in [1.29, 1.82) is 0 Å². The summed E-state index contributed by atoms with van der Waals surface area (Å²) in [5.41, 5.74) is 10.8. The molecule has 0 amide bonds. The number of halogens is 2. The SMILES string of the molecule is CCCCC(CC)Cc1cc(C2=CC=C(c3ccc(-c4ccc(-c5cc(CC(CC)CCCC)c(Br)s5)c5nsnc45)s3)C3=NSNC23)sc1Br. The third-order valence-electron chi connectivity index (χ3n) is 10.3. The largest absolute Gasteiger partial charge is 0.231 e. The molecule has 5 aromatic rings. The molecule has 0 spiro atoms. The normalized spacial score (nSPS) is 17.1. The van der Waals surface area contributed by atoms with Crippen LogP contribution >= 0.6 is 89.7 Å². The second-order valence-corrected chi connectivity index (χ2v) is 20.6. The van der Waals surface area contributed by atoms with Crippen LogP contribution < -0.4 is 4.72 Å². The molecule has 3 unspecified atom stereocenters.